The van der Waals surface area contributed by atoms with E-state index in [4.69, 9.17) is 5.11 Å². The van der Waals surface area contributed by atoms with E-state index in [1.54, 1.807) is 6.07 Å². The number of nitrogens with zero attached hydrogens (tertiary/aromatic N) is 2. The summed E-state index contributed by atoms with van der Waals surface area (Å²) in [5.74, 6) is -1.20. The van der Waals surface area contributed by atoms with Gasteiger partial charge in [-0.1, -0.05) is 6.92 Å². The number of carbonyl (C=O) groups excluding carboxylic acids is 1. The van der Waals surface area contributed by atoms with Crippen molar-refractivity contribution in [3.63, 3.8) is 0 Å². The van der Waals surface area contributed by atoms with Gasteiger partial charge in [0.15, 0.2) is 10.8 Å². The monoisotopic (exact) mass is 306 g/mol. The molecular weight excluding hydrogens is 292 g/mol. The number of thiazole rings is 1. The van der Waals surface area contributed by atoms with E-state index in [9.17, 15) is 9.59 Å². The summed E-state index contributed by atoms with van der Waals surface area (Å²) in [7, 11) is 0. The van der Waals surface area contributed by atoms with E-state index >= 15 is 0 Å². The summed E-state index contributed by atoms with van der Waals surface area (Å²) in [6.07, 6.45) is 2.14. The zero-order valence-corrected chi connectivity index (χ0v) is 12.3. The topological polar surface area (TPSA) is 104 Å². The minimum absolute atomic E-state index is 0.131. The van der Waals surface area contributed by atoms with Crippen LogP contribution in [0.15, 0.2) is 18.3 Å². The molecule has 21 heavy (non-hydrogen) atoms. The quantitative estimate of drug-likeness (QED) is 0.805. The fraction of sp³-hybridized carbons (Fsp3) is 0.231. The van der Waals surface area contributed by atoms with Gasteiger partial charge in [0.05, 0.1) is 11.4 Å². The molecular formula is C13H14N4O3S. The summed E-state index contributed by atoms with van der Waals surface area (Å²) in [6, 6.07) is 2.47. The Morgan fingerprint density at radius 3 is 2.76 bits per heavy atom. The molecule has 0 radical (unpaired) electrons. The third kappa shape index (κ3) is 3.54. The number of hydrogen-bond donors (Lipinski definition) is 3. The number of aromatic nitrogens is 2. The lowest BCUT2D eigenvalue weighted by Crippen LogP contribution is -2.21. The molecule has 0 fully saturated rings. The maximum absolute atomic E-state index is 11.9. The second kappa shape index (κ2) is 6.31. The molecule has 110 valence electrons. The molecule has 0 spiro atoms. The lowest BCUT2D eigenvalue weighted by Gasteiger charge is -2.07. The third-order valence-electron chi connectivity index (χ3n) is 2.71. The van der Waals surface area contributed by atoms with Crippen molar-refractivity contribution < 1.29 is 14.7 Å². The van der Waals surface area contributed by atoms with Gasteiger partial charge in [0.2, 0.25) is 0 Å². The van der Waals surface area contributed by atoms with Crippen LogP contribution in [-0.4, -0.2) is 27.1 Å². The molecule has 0 unspecified atom stereocenters. The number of anilines is 2. The van der Waals surface area contributed by atoms with Crippen LogP contribution in [0.5, 0.6) is 0 Å². The van der Waals surface area contributed by atoms with Crippen molar-refractivity contribution in [2.75, 3.05) is 10.6 Å². The molecule has 0 aliphatic rings. The summed E-state index contributed by atoms with van der Waals surface area (Å²) in [4.78, 5) is 31.9. The molecule has 3 N–H and O–H groups in total. The van der Waals surface area contributed by atoms with Crippen molar-refractivity contribution >= 4 is 34.2 Å². The fourth-order valence-electron chi connectivity index (χ4n) is 1.74. The molecule has 0 atom stereocenters. The van der Waals surface area contributed by atoms with Gasteiger partial charge in [0.25, 0.3) is 0 Å². The Labute approximate surface area is 125 Å². The van der Waals surface area contributed by atoms with Gasteiger partial charge in [0.1, 0.15) is 0 Å². The van der Waals surface area contributed by atoms with Crippen molar-refractivity contribution in [1.29, 1.82) is 0 Å². The standard InChI is InChI=1S/C13H14N4O3S/c1-3-8-7(2)21-13(16-8)17-12(20)15-9-5-4-6-14-10(9)11(18)19/h4-6H,3H2,1-2H3,(H,18,19)(H2,15,16,17,20). The van der Waals surface area contributed by atoms with Crippen LogP contribution in [-0.2, 0) is 6.42 Å². The molecule has 2 aromatic rings. The number of pyridine rings is 1. The Morgan fingerprint density at radius 2 is 2.14 bits per heavy atom. The van der Waals surface area contributed by atoms with Crippen LogP contribution < -0.4 is 10.6 Å². The number of urea groups is 1. The molecule has 0 aliphatic carbocycles. The number of carboxylic acid groups (broad SMARTS) is 1. The average molecular weight is 306 g/mol. The smallest absolute Gasteiger partial charge is 0.356 e. The maximum Gasteiger partial charge on any atom is 0.356 e. The Morgan fingerprint density at radius 1 is 1.38 bits per heavy atom. The van der Waals surface area contributed by atoms with Gasteiger partial charge in [-0.3, -0.25) is 5.32 Å². The number of carboxylic acids is 1. The molecule has 0 saturated carbocycles. The highest BCUT2D eigenvalue weighted by molar-refractivity contribution is 7.15. The first-order valence-corrected chi connectivity index (χ1v) is 7.05. The van der Waals surface area contributed by atoms with E-state index < -0.39 is 12.0 Å². The summed E-state index contributed by atoms with van der Waals surface area (Å²) in [6.45, 7) is 3.92. The summed E-state index contributed by atoms with van der Waals surface area (Å²) in [5.41, 5.74) is 0.853. The van der Waals surface area contributed by atoms with Crippen molar-refractivity contribution in [2.24, 2.45) is 0 Å². The van der Waals surface area contributed by atoms with Gasteiger partial charge in [-0.25, -0.2) is 19.6 Å². The second-order valence-electron chi connectivity index (χ2n) is 4.16. The highest BCUT2D eigenvalue weighted by Gasteiger charge is 2.14. The van der Waals surface area contributed by atoms with Gasteiger partial charge < -0.3 is 10.4 Å². The zero-order chi connectivity index (χ0) is 15.4. The molecule has 0 aliphatic heterocycles. The number of carbonyl (C=O) groups is 2. The predicted molar refractivity (Wildman–Crippen MR) is 80.1 cm³/mol. The molecule has 2 amide bonds. The first-order chi connectivity index (χ1) is 10.0. The van der Waals surface area contributed by atoms with Gasteiger partial charge in [-0.15, -0.1) is 11.3 Å². The summed E-state index contributed by atoms with van der Waals surface area (Å²) >= 11 is 1.37. The molecule has 0 bridgehead atoms. The minimum atomic E-state index is -1.20. The normalized spacial score (nSPS) is 10.2. The number of hydrogen-bond acceptors (Lipinski definition) is 5. The Hall–Kier alpha value is -2.48. The van der Waals surface area contributed by atoms with Crippen LogP contribution >= 0.6 is 11.3 Å². The Kier molecular flexibility index (Phi) is 4.49. The number of aryl methyl sites for hydroxylation is 2. The highest BCUT2D eigenvalue weighted by Crippen LogP contribution is 2.22. The maximum atomic E-state index is 11.9. The molecule has 8 heteroatoms. The van der Waals surface area contributed by atoms with Crippen LogP contribution in [0.1, 0.15) is 28.0 Å². The van der Waals surface area contributed by atoms with Crippen molar-refractivity contribution in [3.05, 3.63) is 34.6 Å². The van der Waals surface area contributed by atoms with Crippen LogP contribution in [0.2, 0.25) is 0 Å². The van der Waals surface area contributed by atoms with E-state index in [1.807, 2.05) is 13.8 Å². The molecule has 2 rings (SSSR count). The van der Waals surface area contributed by atoms with Crippen LogP contribution in [0.4, 0.5) is 15.6 Å². The van der Waals surface area contributed by atoms with E-state index in [1.165, 1.54) is 23.6 Å². The number of amides is 2. The SMILES string of the molecule is CCc1nc(NC(=O)Nc2cccnc2C(=O)O)sc1C. The average Bonchev–Trinajstić information content (AvgIpc) is 2.78. The molecule has 0 aromatic carbocycles. The van der Waals surface area contributed by atoms with E-state index in [0.717, 1.165) is 17.0 Å². The first kappa shape index (κ1) is 14.9. The zero-order valence-electron chi connectivity index (χ0n) is 11.5. The third-order valence-corrected chi connectivity index (χ3v) is 3.64. The summed E-state index contributed by atoms with van der Waals surface area (Å²) in [5, 5.41) is 14.5. The fourth-order valence-corrected chi connectivity index (χ4v) is 2.63. The van der Waals surface area contributed by atoms with E-state index in [0.29, 0.717) is 5.13 Å². The van der Waals surface area contributed by atoms with Gasteiger partial charge in [-0.2, -0.15) is 0 Å². The second-order valence-corrected chi connectivity index (χ2v) is 5.36. The number of nitrogens with one attached hydrogen (secondary N) is 2. The largest absolute Gasteiger partial charge is 0.476 e. The predicted octanol–water partition coefficient (Wildman–Crippen LogP) is 2.75. The van der Waals surface area contributed by atoms with E-state index in [2.05, 4.69) is 20.6 Å². The Balaban J connectivity index is 2.10. The minimum Gasteiger partial charge on any atom is -0.476 e. The van der Waals surface area contributed by atoms with Gasteiger partial charge in [0, 0.05) is 11.1 Å². The lowest BCUT2D eigenvalue weighted by atomic mass is 10.3. The molecule has 0 saturated heterocycles. The number of rotatable bonds is 4. The lowest BCUT2D eigenvalue weighted by molar-refractivity contribution is 0.0692. The highest BCUT2D eigenvalue weighted by atomic mass is 32.1. The van der Waals surface area contributed by atoms with Crippen LogP contribution in [0, 0.1) is 6.92 Å². The van der Waals surface area contributed by atoms with Crippen molar-refractivity contribution in [2.45, 2.75) is 20.3 Å². The molecule has 2 heterocycles. The Bertz CT molecular complexity index is 684. The van der Waals surface area contributed by atoms with Gasteiger partial charge >= 0.3 is 12.0 Å². The van der Waals surface area contributed by atoms with Crippen molar-refractivity contribution in [3.8, 4) is 0 Å². The number of aromatic carboxylic acids is 1. The van der Waals surface area contributed by atoms with E-state index in [-0.39, 0.29) is 11.4 Å². The van der Waals surface area contributed by atoms with Gasteiger partial charge in [-0.05, 0) is 25.5 Å². The molecule has 2 aromatic heterocycles. The summed E-state index contributed by atoms with van der Waals surface area (Å²) < 4.78 is 0. The first-order valence-electron chi connectivity index (χ1n) is 6.24. The van der Waals surface area contributed by atoms with Crippen LogP contribution in [0.25, 0.3) is 0 Å². The molecule has 7 nitrogen and oxygen atoms in total. The van der Waals surface area contributed by atoms with Crippen LogP contribution in [0.3, 0.4) is 0 Å². The van der Waals surface area contributed by atoms with Crippen molar-refractivity contribution in [1.82, 2.24) is 9.97 Å².